The van der Waals surface area contributed by atoms with Crippen LogP contribution >= 0.6 is 0 Å². The molecule has 0 aliphatic heterocycles. The molecule has 0 aliphatic rings. The van der Waals surface area contributed by atoms with Gasteiger partial charge in [0.2, 0.25) is 0 Å². The zero-order valence-corrected chi connectivity index (χ0v) is 15.9. The monoisotopic (exact) mass is 324 g/mol. The smallest absolute Gasteiger partial charge is 0.193 e. The highest BCUT2D eigenvalue weighted by molar-refractivity contribution is 6.09. The molecular weight excluding hydrogens is 296 g/mol. The molecule has 128 valence electrons. The van der Waals surface area contributed by atoms with Crippen LogP contribution < -0.4 is 4.74 Å². The van der Waals surface area contributed by atoms with Gasteiger partial charge in [0.25, 0.3) is 0 Å². The number of ether oxygens (including phenoxy) is 1. The number of rotatable bonds is 3. The predicted molar refractivity (Wildman–Crippen MR) is 100 cm³/mol. The lowest BCUT2D eigenvalue weighted by atomic mass is 9.77. The Morgan fingerprint density at radius 2 is 1.25 bits per heavy atom. The molecule has 0 saturated carbocycles. The summed E-state index contributed by atoms with van der Waals surface area (Å²) in [6, 6.07) is 13.4. The maximum atomic E-state index is 13.0. The molecule has 0 spiro atoms. The zero-order valence-electron chi connectivity index (χ0n) is 15.9. The summed E-state index contributed by atoms with van der Waals surface area (Å²) in [4.78, 5) is 13.0. The molecule has 0 radical (unpaired) electrons. The van der Waals surface area contributed by atoms with Crippen LogP contribution in [0.25, 0.3) is 0 Å². The summed E-state index contributed by atoms with van der Waals surface area (Å²) in [7, 11) is 1.71. The molecular formula is C22H28O2. The summed E-state index contributed by atoms with van der Waals surface area (Å²) in [6.07, 6.45) is 0. The quantitative estimate of drug-likeness (QED) is 0.695. The number of carbonyl (C=O) groups excluding carboxylic acids is 1. The topological polar surface area (TPSA) is 26.3 Å². The summed E-state index contributed by atoms with van der Waals surface area (Å²) in [5.74, 6) is 0.939. The van der Waals surface area contributed by atoms with Crippen molar-refractivity contribution in [2.75, 3.05) is 7.11 Å². The van der Waals surface area contributed by atoms with Gasteiger partial charge >= 0.3 is 0 Å². The van der Waals surface area contributed by atoms with Gasteiger partial charge in [0.15, 0.2) is 5.78 Å². The van der Waals surface area contributed by atoms with Crippen LogP contribution in [0.2, 0.25) is 0 Å². The molecule has 0 fully saturated rings. The van der Waals surface area contributed by atoms with E-state index in [1.165, 1.54) is 0 Å². The molecule has 24 heavy (non-hydrogen) atoms. The average Bonchev–Trinajstić information content (AvgIpc) is 2.52. The minimum atomic E-state index is -0.113. The Bertz CT molecular complexity index is 694. The molecule has 0 aliphatic carbocycles. The van der Waals surface area contributed by atoms with E-state index < -0.39 is 0 Å². The minimum Gasteiger partial charge on any atom is -0.496 e. The predicted octanol–water partition coefficient (Wildman–Crippen LogP) is 5.52. The second-order valence-electron chi connectivity index (χ2n) is 8.30. The van der Waals surface area contributed by atoms with Crippen molar-refractivity contribution in [3.05, 3.63) is 64.7 Å². The van der Waals surface area contributed by atoms with Crippen molar-refractivity contribution in [3.63, 3.8) is 0 Å². The summed E-state index contributed by atoms with van der Waals surface area (Å²) in [6.45, 7) is 12.9. The van der Waals surface area contributed by atoms with Crippen molar-refractivity contribution >= 4 is 5.78 Å². The van der Waals surface area contributed by atoms with Gasteiger partial charge < -0.3 is 4.74 Å². The number of methoxy groups -OCH3 is 1. The Morgan fingerprint density at radius 1 is 0.792 bits per heavy atom. The molecule has 2 aromatic rings. The van der Waals surface area contributed by atoms with Crippen molar-refractivity contribution in [2.45, 2.75) is 52.4 Å². The molecule has 0 heterocycles. The Morgan fingerprint density at radius 3 is 1.62 bits per heavy atom. The van der Waals surface area contributed by atoms with E-state index in [0.717, 1.165) is 22.4 Å². The van der Waals surface area contributed by atoms with Crippen LogP contribution in [0.5, 0.6) is 5.75 Å². The lowest BCUT2D eigenvalue weighted by Crippen LogP contribution is -2.20. The molecule has 2 aromatic carbocycles. The lowest BCUT2D eigenvalue weighted by Gasteiger charge is -2.29. The average molecular weight is 324 g/mol. The summed E-state index contributed by atoms with van der Waals surface area (Å²) >= 11 is 0. The highest BCUT2D eigenvalue weighted by Crippen LogP contribution is 2.40. The van der Waals surface area contributed by atoms with Gasteiger partial charge in [-0.05, 0) is 23.0 Å². The van der Waals surface area contributed by atoms with Gasteiger partial charge in [-0.15, -0.1) is 0 Å². The van der Waals surface area contributed by atoms with Gasteiger partial charge in [-0.25, -0.2) is 0 Å². The van der Waals surface area contributed by atoms with Crippen LogP contribution in [-0.4, -0.2) is 12.9 Å². The van der Waals surface area contributed by atoms with Crippen molar-refractivity contribution in [1.82, 2.24) is 0 Å². The standard InChI is InChI=1S/C22H28O2/c1-21(2,3)17-13-16(19(23)15-11-9-8-10-12-15)14-18(20(17)24-7)22(4,5)6/h8-14H,1-7H3. The molecule has 0 unspecified atom stereocenters. The molecule has 0 atom stereocenters. The van der Waals surface area contributed by atoms with E-state index in [1.54, 1.807) is 7.11 Å². The molecule has 2 rings (SSSR count). The van der Waals surface area contributed by atoms with E-state index in [2.05, 4.69) is 41.5 Å². The van der Waals surface area contributed by atoms with E-state index >= 15 is 0 Å². The fraction of sp³-hybridized carbons (Fsp3) is 0.409. The molecule has 0 bridgehead atoms. The number of hydrogen-bond donors (Lipinski definition) is 0. The van der Waals surface area contributed by atoms with E-state index in [0.29, 0.717) is 5.56 Å². The number of benzene rings is 2. The van der Waals surface area contributed by atoms with Crippen LogP contribution in [0.4, 0.5) is 0 Å². The van der Waals surface area contributed by atoms with Crippen molar-refractivity contribution in [1.29, 1.82) is 0 Å². The maximum Gasteiger partial charge on any atom is 0.193 e. The van der Waals surface area contributed by atoms with Gasteiger partial charge in [0.1, 0.15) is 5.75 Å². The molecule has 0 N–H and O–H groups in total. The van der Waals surface area contributed by atoms with Crippen LogP contribution in [0.3, 0.4) is 0 Å². The second-order valence-corrected chi connectivity index (χ2v) is 8.30. The second kappa shape index (κ2) is 6.43. The third-order valence-corrected chi connectivity index (χ3v) is 4.21. The first-order valence-electron chi connectivity index (χ1n) is 8.38. The number of ketones is 1. The fourth-order valence-electron chi connectivity index (χ4n) is 2.85. The van der Waals surface area contributed by atoms with Gasteiger partial charge in [-0.3, -0.25) is 4.79 Å². The van der Waals surface area contributed by atoms with Gasteiger partial charge in [-0.1, -0.05) is 71.9 Å². The minimum absolute atomic E-state index is 0.0502. The number of hydrogen-bond acceptors (Lipinski definition) is 2. The molecule has 0 amide bonds. The Balaban J connectivity index is 2.72. The van der Waals surface area contributed by atoms with Crippen LogP contribution in [0.15, 0.2) is 42.5 Å². The number of carbonyl (C=O) groups is 1. The van der Waals surface area contributed by atoms with E-state index in [-0.39, 0.29) is 16.6 Å². The van der Waals surface area contributed by atoms with Gasteiger partial charge in [0, 0.05) is 22.3 Å². The largest absolute Gasteiger partial charge is 0.496 e. The lowest BCUT2D eigenvalue weighted by molar-refractivity contribution is 0.103. The van der Waals surface area contributed by atoms with Crippen LogP contribution in [-0.2, 0) is 10.8 Å². The SMILES string of the molecule is COc1c(C(C)(C)C)cc(C(=O)c2ccccc2)cc1C(C)(C)C. The fourth-order valence-corrected chi connectivity index (χ4v) is 2.85. The normalized spacial score (nSPS) is 12.1. The Kier molecular flexibility index (Phi) is 4.89. The van der Waals surface area contributed by atoms with Gasteiger partial charge in [-0.2, -0.15) is 0 Å². The van der Waals surface area contributed by atoms with Crippen LogP contribution in [0, 0.1) is 0 Å². The highest BCUT2D eigenvalue weighted by Gasteiger charge is 2.28. The van der Waals surface area contributed by atoms with Crippen molar-refractivity contribution in [2.24, 2.45) is 0 Å². The van der Waals surface area contributed by atoms with Crippen molar-refractivity contribution < 1.29 is 9.53 Å². The Hall–Kier alpha value is -2.09. The van der Waals surface area contributed by atoms with Crippen molar-refractivity contribution in [3.8, 4) is 5.75 Å². The third-order valence-electron chi connectivity index (χ3n) is 4.21. The van der Waals surface area contributed by atoms with Gasteiger partial charge in [0.05, 0.1) is 7.11 Å². The van der Waals surface area contributed by atoms with E-state index in [1.807, 2.05) is 42.5 Å². The first-order chi connectivity index (χ1) is 11.1. The molecule has 2 heteroatoms. The molecule has 0 aromatic heterocycles. The van der Waals surface area contributed by atoms with Crippen LogP contribution in [0.1, 0.15) is 68.6 Å². The zero-order chi connectivity index (χ0) is 18.1. The van der Waals surface area contributed by atoms with E-state index in [4.69, 9.17) is 4.74 Å². The molecule has 0 saturated heterocycles. The van der Waals surface area contributed by atoms with E-state index in [9.17, 15) is 4.79 Å². The Labute approximate surface area is 145 Å². The summed E-state index contributed by atoms with van der Waals surface area (Å²) in [5, 5.41) is 0. The maximum absolute atomic E-state index is 13.0. The molecule has 2 nitrogen and oxygen atoms in total. The summed E-state index contributed by atoms with van der Waals surface area (Å²) < 4.78 is 5.76. The third kappa shape index (κ3) is 3.69. The highest BCUT2D eigenvalue weighted by atomic mass is 16.5. The summed E-state index contributed by atoms with van der Waals surface area (Å²) in [5.41, 5.74) is 3.34. The first kappa shape index (κ1) is 18.3. The first-order valence-corrected chi connectivity index (χ1v) is 8.38.